The fourth-order valence-electron chi connectivity index (χ4n) is 2.08. The van der Waals surface area contributed by atoms with E-state index in [1.54, 1.807) is 13.8 Å². The molecule has 9 heteroatoms. The molecule has 122 valence electrons. The summed E-state index contributed by atoms with van der Waals surface area (Å²) in [7, 11) is -3.37. The molecule has 0 saturated heterocycles. The Labute approximate surface area is 124 Å². The normalized spacial score (nSPS) is 17.1. The van der Waals surface area contributed by atoms with Gasteiger partial charge >= 0.3 is 12.0 Å². The van der Waals surface area contributed by atoms with Gasteiger partial charge in [-0.1, -0.05) is 0 Å². The van der Waals surface area contributed by atoms with Gasteiger partial charge < -0.3 is 15.7 Å². The van der Waals surface area contributed by atoms with Crippen molar-refractivity contribution in [2.45, 2.75) is 44.7 Å². The van der Waals surface area contributed by atoms with E-state index in [0.717, 1.165) is 19.1 Å². The van der Waals surface area contributed by atoms with Crippen molar-refractivity contribution in [1.29, 1.82) is 0 Å². The number of sulfonamides is 1. The van der Waals surface area contributed by atoms with Crippen LogP contribution in [0.5, 0.6) is 0 Å². The molecule has 4 N–H and O–H groups in total. The second-order valence-corrected chi connectivity index (χ2v) is 7.88. The maximum absolute atomic E-state index is 11.8. The first-order valence-electron chi connectivity index (χ1n) is 6.73. The fraction of sp³-hybridized carbons (Fsp3) is 0.833. The highest BCUT2D eigenvalue weighted by Gasteiger charge is 2.34. The summed E-state index contributed by atoms with van der Waals surface area (Å²) in [6, 6.07) is -0.870. The van der Waals surface area contributed by atoms with E-state index < -0.39 is 27.6 Å². The molecule has 1 unspecified atom stereocenters. The first-order chi connectivity index (χ1) is 9.48. The summed E-state index contributed by atoms with van der Waals surface area (Å²) in [5, 5.41) is 14.0. The van der Waals surface area contributed by atoms with Crippen molar-refractivity contribution in [1.82, 2.24) is 15.4 Å². The van der Waals surface area contributed by atoms with Crippen LogP contribution in [-0.2, 0) is 14.8 Å². The lowest BCUT2D eigenvalue weighted by atomic mass is 10.1. The summed E-state index contributed by atoms with van der Waals surface area (Å²) < 4.78 is 24.8. The van der Waals surface area contributed by atoms with Crippen LogP contribution >= 0.6 is 0 Å². The van der Waals surface area contributed by atoms with Gasteiger partial charge in [0.15, 0.2) is 0 Å². The average molecular weight is 321 g/mol. The maximum Gasteiger partial charge on any atom is 0.315 e. The second kappa shape index (κ2) is 6.61. The summed E-state index contributed by atoms with van der Waals surface area (Å²) in [4.78, 5) is 22.5. The molecule has 21 heavy (non-hydrogen) atoms. The van der Waals surface area contributed by atoms with Crippen molar-refractivity contribution in [3.63, 3.8) is 0 Å². The third kappa shape index (κ3) is 7.86. The highest BCUT2D eigenvalue weighted by atomic mass is 32.2. The highest BCUT2D eigenvalue weighted by molar-refractivity contribution is 7.88. The minimum Gasteiger partial charge on any atom is -0.481 e. The van der Waals surface area contributed by atoms with Crippen molar-refractivity contribution >= 4 is 22.0 Å². The quantitative estimate of drug-likeness (QED) is 0.495. The molecule has 1 aliphatic rings. The van der Waals surface area contributed by atoms with Crippen LogP contribution in [0.15, 0.2) is 0 Å². The minimum atomic E-state index is -3.37. The van der Waals surface area contributed by atoms with Crippen LogP contribution in [0.2, 0.25) is 0 Å². The highest BCUT2D eigenvalue weighted by Crippen LogP contribution is 2.33. The summed E-state index contributed by atoms with van der Waals surface area (Å²) in [5.41, 5.74) is -0.827. The molecule has 1 fully saturated rings. The first kappa shape index (κ1) is 17.7. The van der Waals surface area contributed by atoms with E-state index in [1.165, 1.54) is 0 Å². The van der Waals surface area contributed by atoms with Crippen LogP contribution in [0.1, 0.15) is 33.1 Å². The molecule has 0 aromatic rings. The van der Waals surface area contributed by atoms with Gasteiger partial charge in [-0.3, -0.25) is 4.79 Å². The van der Waals surface area contributed by atoms with E-state index in [2.05, 4.69) is 15.4 Å². The van der Waals surface area contributed by atoms with Crippen molar-refractivity contribution < 1.29 is 23.1 Å². The molecule has 1 saturated carbocycles. The zero-order chi connectivity index (χ0) is 16.3. The van der Waals surface area contributed by atoms with Gasteiger partial charge in [0.25, 0.3) is 0 Å². The molecule has 2 amide bonds. The second-order valence-electron chi connectivity index (χ2n) is 6.13. The van der Waals surface area contributed by atoms with Gasteiger partial charge in [0, 0.05) is 18.1 Å². The zero-order valence-electron chi connectivity index (χ0n) is 12.5. The van der Waals surface area contributed by atoms with Gasteiger partial charge in [-0.2, -0.15) is 0 Å². The van der Waals surface area contributed by atoms with Crippen LogP contribution in [0, 0.1) is 5.92 Å². The largest absolute Gasteiger partial charge is 0.481 e. The molecule has 8 nitrogen and oxygen atoms in total. The molecule has 1 rings (SSSR count). The third-order valence-electron chi connectivity index (χ3n) is 3.05. The van der Waals surface area contributed by atoms with E-state index >= 15 is 0 Å². The Morgan fingerprint density at radius 2 is 1.90 bits per heavy atom. The maximum atomic E-state index is 11.8. The lowest BCUT2D eigenvalue weighted by molar-refractivity contribution is -0.137. The topological polar surface area (TPSA) is 125 Å². The smallest absolute Gasteiger partial charge is 0.315 e. The number of amides is 2. The van der Waals surface area contributed by atoms with E-state index in [0.29, 0.717) is 0 Å². The Bertz CT molecular complexity index is 499. The molecular weight excluding hydrogens is 298 g/mol. The predicted octanol–water partition coefficient (Wildman–Crippen LogP) is -0.133. The summed E-state index contributed by atoms with van der Waals surface area (Å²) in [5.74, 6) is -0.736. The number of hydrogen-bond donors (Lipinski definition) is 4. The number of carboxylic acid groups (broad SMARTS) is 1. The number of aliphatic carboxylic acids is 1. The standard InChI is InChI=1S/C12H23N3O5S/c1-12(2,15-21(3,19)20)7-13-11(18)14-9(6-10(16)17)8-4-5-8/h8-9,15H,4-7H2,1-3H3,(H,16,17)(H2,13,14,18). The fourth-order valence-corrected chi connectivity index (χ4v) is 3.16. The molecule has 0 radical (unpaired) electrons. The number of urea groups is 1. The van der Waals surface area contributed by atoms with E-state index in [-0.39, 0.29) is 24.9 Å². The van der Waals surface area contributed by atoms with Gasteiger partial charge in [0.05, 0.1) is 12.7 Å². The summed E-state index contributed by atoms with van der Waals surface area (Å²) in [6.45, 7) is 3.38. The molecule has 1 atom stereocenters. The number of nitrogens with one attached hydrogen (secondary N) is 3. The van der Waals surface area contributed by atoms with E-state index in [9.17, 15) is 18.0 Å². The molecule has 0 spiro atoms. The number of carboxylic acids is 1. The number of hydrogen-bond acceptors (Lipinski definition) is 4. The third-order valence-corrected chi connectivity index (χ3v) is 3.98. The van der Waals surface area contributed by atoms with Gasteiger partial charge in [0.2, 0.25) is 10.0 Å². The first-order valence-corrected chi connectivity index (χ1v) is 8.63. The van der Waals surface area contributed by atoms with Crippen LogP contribution in [0.4, 0.5) is 4.79 Å². The Morgan fingerprint density at radius 1 is 1.33 bits per heavy atom. The van der Waals surface area contributed by atoms with E-state index in [4.69, 9.17) is 5.11 Å². The summed E-state index contributed by atoms with van der Waals surface area (Å²) in [6.07, 6.45) is 2.77. The molecule has 0 aromatic carbocycles. The SMILES string of the molecule is CC(C)(CNC(=O)NC(CC(=O)O)C1CC1)NS(C)(=O)=O. The van der Waals surface area contributed by atoms with Crippen LogP contribution < -0.4 is 15.4 Å². The number of carbonyl (C=O) groups excluding carboxylic acids is 1. The summed E-state index contributed by atoms with van der Waals surface area (Å²) >= 11 is 0. The average Bonchev–Trinajstić information content (AvgIpc) is 3.05. The molecule has 0 bridgehead atoms. The monoisotopic (exact) mass is 321 g/mol. The van der Waals surface area contributed by atoms with Crippen LogP contribution in [-0.4, -0.2) is 49.9 Å². The minimum absolute atomic E-state index is 0.0936. The lowest BCUT2D eigenvalue weighted by Crippen LogP contribution is -2.54. The molecule has 0 aliphatic heterocycles. The van der Waals surface area contributed by atoms with Gasteiger partial charge in [-0.05, 0) is 32.6 Å². The van der Waals surface area contributed by atoms with Crippen LogP contribution in [0.3, 0.4) is 0 Å². The Kier molecular flexibility index (Phi) is 5.57. The Balaban J connectivity index is 2.43. The lowest BCUT2D eigenvalue weighted by Gasteiger charge is -2.26. The predicted molar refractivity (Wildman–Crippen MR) is 77.4 cm³/mol. The molecular formula is C12H23N3O5S. The van der Waals surface area contributed by atoms with Crippen molar-refractivity contribution in [3.05, 3.63) is 0 Å². The Hall–Kier alpha value is -1.35. The number of rotatable bonds is 8. The van der Waals surface area contributed by atoms with Gasteiger partial charge in [-0.25, -0.2) is 17.9 Å². The molecule has 0 heterocycles. The zero-order valence-corrected chi connectivity index (χ0v) is 13.3. The number of carbonyl (C=O) groups is 2. The van der Waals surface area contributed by atoms with Gasteiger partial charge in [-0.15, -0.1) is 0 Å². The van der Waals surface area contributed by atoms with Crippen LogP contribution in [0.25, 0.3) is 0 Å². The Morgan fingerprint density at radius 3 is 2.33 bits per heavy atom. The molecule has 1 aliphatic carbocycles. The van der Waals surface area contributed by atoms with E-state index in [1.807, 2.05) is 0 Å². The molecule has 0 aromatic heterocycles. The van der Waals surface area contributed by atoms with Gasteiger partial charge in [0.1, 0.15) is 0 Å². The van der Waals surface area contributed by atoms with Crippen molar-refractivity contribution in [2.24, 2.45) is 5.92 Å². The van der Waals surface area contributed by atoms with Crippen molar-refractivity contribution in [2.75, 3.05) is 12.8 Å². The van der Waals surface area contributed by atoms with Crippen molar-refractivity contribution in [3.8, 4) is 0 Å².